The number of hydrogen-bond donors (Lipinski definition) is 2. The Balaban J connectivity index is 1.88. The van der Waals surface area contributed by atoms with Crippen LogP contribution in [0.4, 0.5) is 0 Å². The van der Waals surface area contributed by atoms with Gasteiger partial charge in [-0.2, -0.15) is 0 Å². The fourth-order valence-corrected chi connectivity index (χ4v) is 2.79. The van der Waals surface area contributed by atoms with Crippen LogP contribution in [0.5, 0.6) is 0 Å². The van der Waals surface area contributed by atoms with E-state index in [-0.39, 0.29) is 24.4 Å². The molecule has 1 atom stereocenters. The topological polar surface area (TPSA) is 58.2 Å². The van der Waals surface area contributed by atoms with Crippen LogP contribution in [0.15, 0.2) is 53.0 Å². The molecule has 6 heteroatoms. The van der Waals surface area contributed by atoms with Gasteiger partial charge in [-0.05, 0) is 36.8 Å². The minimum absolute atomic E-state index is 0.0971. The summed E-state index contributed by atoms with van der Waals surface area (Å²) < 4.78 is 0.807. The van der Waals surface area contributed by atoms with Crippen molar-refractivity contribution in [2.75, 3.05) is 6.54 Å². The maximum absolute atomic E-state index is 12.0. The van der Waals surface area contributed by atoms with E-state index in [9.17, 15) is 9.59 Å². The van der Waals surface area contributed by atoms with Gasteiger partial charge in [-0.25, -0.2) is 0 Å². The van der Waals surface area contributed by atoms with E-state index in [1.165, 1.54) is 0 Å². The Labute approximate surface area is 148 Å². The number of carbonyl (C=O) groups excluding carboxylic acids is 2. The monoisotopic (exact) mass is 394 g/mol. The zero-order valence-corrected chi connectivity index (χ0v) is 14.8. The first kappa shape index (κ1) is 17.5. The van der Waals surface area contributed by atoms with Gasteiger partial charge in [0.25, 0.3) is 5.91 Å². The van der Waals surface area contributed by atoms with Crippen molar-refractivity contribution in [2.45, 2.75) is 13.0 Å². The lowest BCUT2D eigenvalue weighted by atomic mass is 10.1. The van der Waals surface area contributed by atoms with Crippen molar-refractivity contribution in [1.29, 1.82) is 0 Å². The van der Waals surface area contributed by atoms with Gasteiger partial charge in [0.15, 0.2) is 0 Å². The minimum Gasteiger partial charge on any atom is -0.348 e. The molecule has 120 valence electrons. The molecular formula is C17H16BrClN2O2. The summed E-state index contributed by atoms with van der Waals surface area (Å²) in [6.07, 6.45) is 0. The fraction of sp³-hybridized carbons (Fsp3) is 0.176. The Hall–Kier alpha value is -1.85. The SMILES string of the molecule is CC(NC(=O)CNC(=O)c1cccc(Br)c1)c1ccccc1Cl. The van der Waals surface area contributed by atoms with E-state index in [0.717, 1.165) is 10.0 Å². The summed E-state index contributed by atoms with van der Waals surface area (Å²) in [4.78, 5) is 23.9. The number of rotatable bonds is 5. The zero-order chi connectivity index (χ0) is 16.8. The average molecular weight is 396 g/mol. The molecule has 1 unspecified atom stereocenters. The molecule has 0 fully saturated rings. The lowest BCUT2D eigenvalue weighted by Gasteiger charge is -2.16. The molecule has 2 N–H and O–H groups in total. The smallest absolute Gasteiger partial charge is 0.251 e. The summed E-state index contributed by atoms with van der Waals surface area (Å²) in [6.45, 7) is 1.75. The summed E-state index contributed by atoms with van der Waals surface area (Å²) in [5.74, 6) is -0.576. The van der Waals surface area contributed by atoms with Crippen LogP contribution in [-0.2, 0) is 4.79 Å². The highest BCUT2D eigenvalue weighted by Gasteiger charge is 2.13. The normalized spacial score (nSPS) is 11.6. The van der Waals surface area contributed by atoms with Crippen molar-refractivity contribution in [2.24, 2.45) is 0 Å². The Bertz CT molecular complexity index is 721. The molecule has 0 saturated heterocycles. The van der Waals surface area contributed by atoms with Crippen molar-refractivity contribution in [3.63, 3.8) is 0 Å². The van der Waals surface area contributed by atoms with Crippen LogP contribution < -0.4 is 10.6 Å². The van der Waals surface area contributed by atoms with Gasteiger partial charge in [-0.3, -0.25) is 9.59 Å². The molecule has 0 aliphatic carbocycles. The third kappa shape index (κ3) is 5.08. The number of benzene rings is 2. The highest BCUT2D eigenvalue weighted by Crippen LogP contribution is 2.21. The highest BCUT2D eigenvalue weighted by molar-refractivity contribution is 9.10. The van der Waals surface area contributed by atoms with Gasteiger partial charge in [0, 0.05) is 15.1 Å². The van der Waals surface area contributed by atoms with E-state index >= 15 is 0 Å². The van der Waals surface area contributed by atoms with Gasteiger partial charge in [-0.1, -0.05) is 51.8 Å². The molecular weight excluding hydrogens is 380 g/mol. The summed E-state index contributed by atoms with van der Waals surface area (Å²) in [6, 6.07) is 14.1. The number of nitrogens with one attached hydrogen (secondary N) is 2. The van der Waals surface area contributed by atoms with Gasteiger partial charge < -0.3 is 10.6 Å². The predicted octanol–water partition coefficient (Wildman–Crippen LogP) is 3.71. The van der Waals surface area contributed by atoms with E-state index < -0.39 is 0 Å². The predicted molar refractivity (Wildman–Crippen MR) is 94.5 cm³/mol. The molecule has 2 amide bonds. The van der Waals surface area contributed by atoms with Crippen LogP contribution in [0, 0.1) is 0 Å². The van der Waals surface area contributed by atoms with E-state index in [1.54, 1.807) is 24.3 Å². The van der Waals surface area contributed by atoms with Gasteiger partial charge in [-0.15, -0.1) is 0 Å². The van der Waals surface area contributed by atoms with Gasteiger partial charge in [0.1, 0.15) is 0 Å². The third-order valence-electron chi connectivity index (χ3n) is 3.25. The summed E-state index contributed by atoms with van der Waals surface area (Å²) in [5, 5.41) is 6.00. The summed E-state index contributed by atoms with van der Waals surface area (Å²) >= 11 is 9.40. The van der Waals surface area contributed by atoms with E-state index in [1.807, 2.05) is 31.2 Å². The number of amides is 2. The molecule has 0 bridgehead atoms. The zero-order valence-electron chi connectivity index (χ0n) is 12.5. The number of carbonyl (C=O) groups is 2. The number of halogens is 2. The van der Waals surface area contributed by atoms with Crippen LogP contribution >= 0.6 is 27.5 Å². The van der Waals surface area contributed by atoms with Crippen LogP contribution in [0.2, 0.25) is 5.02 Å². The minimum atomic E-state index is -0.299. The number of hydrogen-bond acceptors (Lipinski definition) is 2. The van der Waals surface area contributed by atoms with Gasteiger partial charge >= 0.3 is 0 Å². The molecule has 2 aromatic rings. The quantitative estimate of drug-likeness (QED) is 0.811. The lowest BCUT2D eigenvalue weighted by molar-refractivity contribution is -0.120. The van der Waals surface area contributed by atoms with Crippen molar-refractivity contribution in [3.05, 3.63) is 69.2 Å². The van der Waals surface area contributed by atoms with Crippen molar-refractivity contribution >= 4 is 39.3 Å². The molecule has 2 aromatic carbocycles. The van der Waals surface area contributed by atoms with Crippen LogP contribution in [-0.4, -0.2) is 18.4 Å². The molecule has 23 heavy (non-hydrogen) atoms. The van der Waals surface area contributed by atoms with Crippen LogP contribution in [0.25, 0.3) is 0 Å². The Morgan fingerprint density at radius 1 is 1.17 bits per heavy atom. The van der Waals surface area contributed by atoms with Gasteiger partial charge in [0.2, 0.25) is 5.91 Å². The van der Waals surface area contributed by atoms with Crippen LogP contribution in [0.3, 0.4) is 0 Å². The van der Waals surface area contributed by atoms with Crippen molar-refractivity contribution < 1.29 is 9.59 Å². The Morgan fingerprint density at radius 2 is 1.91 bits per heavy atom. The van der Waals surface area contributed by atoms with Gasteiger partial charge in [0.05, 0.1) is 12.6 Å². The average Bonchev–Trinajstić information content (AvgIpc) is 2.53. The molecule has 4 nitrogen and oxygen atoms in total. The molecule has 0 radical (unpaired) electrons. The summed E-state index contributed by atoms with van der Waals surface area (Å²) in [7, 11) is 0. The second-order valence-corrected chi connectivity index (χ2v) is 6.33. The first-order valence-electron chi connectivity index (χ1n) is 7.05. The summed E-state index contributed by atoms with van der Waals surface area (Å²) in [5.41, 5.74) is 1.33. The van der Waals surface area contributed by atoms with E-state index in [0.29, 0.717) is 10.6 Å². The van der Waals surface area contributed by atoms with Crippen LogP contribution in [0.1, 0.15) is 28.9 Å². The second kappa shape index (κ2) is 8.13. The van der Waals surface area contributed by atoms with E-state index in [4.69, 9.17) is 11.6 Å². The standard InChI is InChI=1S/C17H16BrClN2O2/c1-11(14-7-2-3-8-15(14)19)21-16(22)10-20-17(23)12-5-4-6-13(18)9-12/h2-9,11H,10H2,1H3,(H,20,23)(H,21,22). The molecule has 2 rings (SSSR count). The largest absolute Gasteiger partial charge is 0.348 e. The molecule has 0 spiro atoms. The Kier molecular flexibility index (Phi) is 6.19. The van der Waals surface area contributed by atoms with Crippen molar-refractivity contribution in [1.82, 2.24) is 10.6 Å². The molecule has 0 aromatic heterocycles. The first-order chi connectivity index (χ1) is 11.0. The molecule has 0 saturated carbocycles. The molecule has 0 heterocycles. The Morgan fingerprint density at radius 3 is 2.61 bits per heavy atom. The molecule has 0 aliphatic rings. The van der Waals surface area contributed by atoms with E-state index in [2.05, 4.69) is 26.6 Å². The fourth-order valence-electron chi connectivity index (χ4n) is 2.09. The first-order valence-corrected chi connectivity index (χ1v) is 8.22. The molecule has 0 aliphatic heterocycles. The third-order valence-corrected chi connectivity index (χ3v) is 4.08. The maximum Gasteiger partial charge on any atom is 0.251 e. The highest BCUT2D eigenvalue weighted by atomic mass is 79.9. The second-order valence-electron chi connectivity index (χ2n) is 5.00. The van der Waals surface area contributed by atoms with Crippen molar-refractivity contribution in [3.8, 4) is 0 Å². The lowest BCUT2D eigenvalue weighted by Crippen LogP contribution is -2.38. The maximum atomic E-state index is 12.0.